The zero-order valence-corrected chi connectivity index (χ0v) is 30.1. The second-order valence-corrected chi connectivity index (χ2v) is 27.1. The van der Waals surface area contributed by atoms with E-state index in [0.29, 0.717) is 13.2 Å². The molecular weight excluding hydrogens is 509 g/mol. The van der Waals surface area contributed by atoms with Crippen LogP contribution in [-0.4, -0.2) is 50.1 Å². The van der Waals surface area contributed by atoms with Crippen molar-refractivity contribution < 1.29 is 18.1 Å². The van der Waals surface area contributed by atoms with Crippen LogP contribution >= 0.6 is 0 Å². The summed E-state index contributed by atoms with van der Waals surface area (Å²) in [6.07, 6.45) is -0.0251. The first kappa shape index (κ1) is 36.8. The molecule has 0 aliphatic carbocycles. The van der Waals surface area contributed by atoms with E-state index in [2.05, 4.69) is 101 Å². The standard InChI is InChI=1S/C30H62O4Si3/c1-15-36(16-2,17-3)33-24-27(9)29(34-37(18-4,19-5)20-6)25(7)21-22-28(31)26(8)23-32-35(13,14)30(10,11)12/h25-27,29H,15-20,23-24H2,1-14H3/t25-,26-,27-,29-/m0/s1. The molecule has 0 unspecified atom stereocenters. The highest BCUT2D eigenvalue weighted by molar-refractivity contribution is 6.74. The van der Waals surface area contributed by atoms with Crippen molar-refractivity contribution in [2.24, 2.45) is 17.8 Å². The summed E-state index contributed by atoms with van der Waals surface area (Å²) in [7, 11) is -5.42. The molecule has 0 aliphatic heterocycles. The van der Waals surface area contributed by atoms with Gasteiger partial charge in [-0.1, -0.05) is 82.1 Å². The summed E-state index contributed by atoms with van der Waals surface area (Å²) in [6.45, 7) is 32.2. The van der Waals surface area contributed by atoms with E-state index in [1.54, 1.807) is 0 Å². The minimum absolute atomic E-state index is 0.0251. The summed E-state index contributed by atoms with van der Waals surface area (Å²) >= 11 is 0. The maximum absolute atomic E-state index is 12.9. The summed E-state index contributed by atoms with van der Waals surface area (Å²) < 4.78 is 20.0. The Bertz CT molecular complexity index is 711. The van der Waals surface area contributed by atoms with E-state index in [-0.39, 0.29) is 34.7 Å². The van der Waals surface area contributed by atoms with Gasteiger partial charge in [0, 0.05) is 31.0 Å². The molecule has 0 aliphatic rings. The molecular formula is C30H62O4Si3. The van der Waals surface area contributed by atoms with Crippen molar-refractivity contribution in [2.75, 3.05) is 13.2 Å². The quantitative estimate of drug-likeness (QED) is 0.0995. The molecule has 0 heterocycles. The van der Waals surface area contributed by atoms with E-state index in [1.807, 2.05) is 6.92 Å². The van der Waals surface area contributed by atoms with Crippen LogP contribution < -0.4 is 0 Å². The minimum Gasteiger partial charge on any atom is -0.416 e. The third-order valence-corrected chi connectivity index (χ3v) is 23.1. The first-order chi connectivity index (χ1) is 17.0. The van der Waals surface area contributed by atoms with Crippen molar-refractivity contribution in [2.45, 2.75) is 144 Å². The molecule has 0 fully saturated rings. The Labute approximate surface area is 234 Å². The van der Waals surface area contributed by atoms with Gasteiger partial charge in [0.25, 0.3) is 0 Å². The van der Waals surface area contributed by atoms with Gasteiger partial charge in [-0.05, 0) is 67.2 Å². The largest absolute Gasteiger partial charge is 0.416 e. The monoisotopic (exact) mass is 570 g/mol. The number of Topliss-reactive ketones (excluding diaryl/α,β-unsaturated/α-hetero) is 1. The molecule has 0 N–H and O–H groups in total. The molecule has 37 heavy (non-hydrogen) atoms. The number of rotatable bonds is 17. The highest BCUT2D eigenvalue weighted by Gasteiger charge is 2.39. The van der Waals surface area contributed by atoms with Gasteiger partial charge in [0.1, 0.15) is 0 Å². The average molecular weight is 571 g/mol. The Morgan fingerprint density at radius 1 is 0.757 bits per heavy atom. The second-order valence-electron chi connectivity index (χ2n) is 12.8. The molecule has 4 nitrogen and oxygen atoms in total. The number of ketones is 1. The van der Waals surface area contributed by atoms with E-state index >= 15 is 0 Å². The maximum atomic E-state index is 12.9. The highest BCUT2D eigenvalue weighted by atomic mass is 28.4. The molecule has 7 heteroatoms. The lowest BCUT2D eigenvalue weighted by molar-refractivity contribution is -0.117. The van der Waals surface area contributed by atoms with E-state index in [9.17, 15) is 4.79 Å². The van der Waals surface area contributed by atoms with Crippen LogP contribution in [0.25, 0.3) is 0 Å². The molecule has 0 aromatic carbocycles. The third-order valence-electron chi connectivity index (χ3n) is 9.33. The second kappa shape index (κ2) is 16.1. The van der Waals surface area contributed by atoms with E-state index in [1.165, 1.54) is 0 Å². The molecule has 0 spiro atoms. The topological polar surface area (TPSA) is 44.8 Å². The molecule has 0 saturated heterocycles. The highest BCUT2D eigenvalue weighted by Crippen LogP contribution is 2.37. The van der Waals surface area contributed by atoms with Crippen LogP contribution in [0.3, 0.4) is 0 Å². The normalized spacial score (nSPS) is 16.5. The molecule has 0 aromatic rings. The van der Waals surface area contributed by atoms with Crippen LogP contribution in [-0.2, 0) is 18.1 Å². The molecule has 4 atom stereocenters. The van der Waals surface area contributed by atoms with Gasteiger partial charge in [0.2, 0.25) is 5.78 Å². The van der Waals surface area contributed by atoms with Crippen LogP contribution in [0.5, 0.6) is 0 Å². The Morgan fingerprint density at radius 2 is 1.22 bits per heavy atom. The predicted molar refractivity (Wildman–Crippen MR) is 169 cm³/mol. The van der Waals surface area contributed by atoms with Gasteiger partial charge in [-0.25, -0.2) is 0 Å². The number of hydrogen-bond acceptors (Lipinski definition) is 4. The van der Waals surface area contributed by atoms with Crippen LogP contribution in [0.1, 0.15) is 83.1 Å². The summed E-state index contributed by atoms with van der Waals surface area (Å²) in [5, 5.41) is 0.126. The summed E-state index contributed by atoms with van der Waals surface area (Å²) in [5.41, 5.74) is 0. The Kier molecular flexibility index (Phi) is 16.0. The molecule has 218 valence electrons. The molecule has 0 amide bonds. The number of carbonyl (C=O) groups is 1. The fourth-order valence-corrected chi connectivity index (χ4v) is 11.3. The van der Waals surface area contributed by atoms with Gasteiger partial charge < -0.3 is 13.3 Å². The lowest BCUT2D eigenvalue weighted by Gasteiger charge is -2.39. The average Bonchev–Trinajstić information content (AvgIpc) is 2.87. The van der Waals surface area contributed by atoms with Crippen molar-refractivity contribution in [3.05, 3.63) is 0 Å². The predicted octanol–water partition coefficient (Wildman–Crippen LogP) is 8.90. The first-order valence-corrected chi connectivity index (χ1v) is 23.0. The molecule has 0 bridgehead atoms. The molecule has 0 rings (SSSR count). The van der Waals surface area contributed by atoms with Gasteiger partial charge >= 0.3 is 0 Å². The SMILES string of the molecule is CC[Si](CC)(CC)OC[C@H](C)[C@@H](O[Si](CC)(CC)CC)[C@@H](C)C#CC(=O)[C@@H](C)CO[Si](C)(C)C(C)(C)C. The summed E-state index contributed by atoms with van der Waals surface area (Å²) in [4.78, 5) is 12.9. The Hall–Kier alpha value is -0.239. The fraction of sp³-hybridized carbons (Fsp3) is 0.900. The zero-order valence-electron chi connectivity index (χ0n) is 27.1. The molecule has 0 saturated carbocycles. The zero-order chi connectivity index (χ0) is 29.1. The lowest BCUT2D eigenvalue weighted by atomic mass is 9.94. The summed E-state index contributed by atoms with van der Waals surface area (Å²) in [5.74, 6) is 6.24. The van der Waals surface area contributed by atoms with Crippen molar-refractivity contribution in [3.8, 4) is 11.8 Å². The van der Waals surface area contributed by atoms with Gasteiger partial charge in [0.05, 0.1) is 6.10 Å². The Morgan fingerprint density at radius 3 is 1.62 bits per heavy atom. The van der Waals surface area contributed by atoms with Crippen molar-refractivity contribution >= 4 is 30.7 Å². The van der Waals surface area contributed by atoms with Crippen LogP contribution in [0.4, 0.5) is 0 Å². The van der Waals surface area contributed by atoms with E-state index in [0.717, 1.165) is 36.3 Å². The van der Waals surface area contributed by atoms with E-state index < -0.39 is 25.0 Å². The van der Waals surface area contributed by atoms with Gasteiger partial charge in [0.15, 0.2) is 25.0 Å². The smallest absolute Gasteiger partial charge is 0.210 e. The van der Waals surface area contributed by atoms with Gasteiger partial charge in [-0.15, -0.1) is 0 Å². The first-order valence-electron chi connectivity index (χ1n) is 15.0. The van der Waals surface area contributed by atoms with Gasteiger partial charge in [-0.3, -0.25) is 4.79 Å². The number of carbonyl (C=O) groups excluding carboxylic acids is 1. The van der Waals surface area contributed by atoms with Crippen LogP contribution in [0, 0.1) is 29.6 Å². The lowest BCUT2D eigenvalue weighted by Crippen LogP contribution is -2.46. The van der Waals surface area contributed by atoms with E-state index in [4.69, 9.17) is 13.3 Å². The number of hydrogen-bond donors (Lipinski definition) is 0. The fourth-order valence-electron chi connectivity index (χ4n) is 4.47. The maximum Gasteiger partial charge on any atom is 0.210 e. The summed E-state index contributed by atoms with van der Waals surface area (Å²) in [6, 6.07) is 6.74. The molecule has 0 radical (unpaired) electrons. The van der Waals surface area contributed by atoms with Gasteiger partial charge in [-0.2, -0.15) is 0 Å². The van der Waals surface area contributed by atoms with Crippen molar-refractivity contribution in [3.63, 3.8) is 0 Å². The molecule has 0 aromatic heterocycles. The third kappa shape index (κ3) is 11.0. The van der Waals surface area contributed by atoms with Crippen molar-refractivity contribution in [1.82, 2.24) is 0 Å². The van der Waals surface area contributed by atoms with Crippen molar-refractivity contribution in [1.29, 1.82) is 0 Å². The van der Waals surface area contributed by atoms with Crippen LogP contribution in [0.2, 0.25) is 54.4 Å². The van der Waals surface area contributed by atoms with Crippen LogP contribution in [0.15, 0.2) is 0 Å². The Balaban J connectivity index is 5.72. The minimum atomic E-state index is -1.89.